The number of rotatable bonds is 4. The summed E-state index contributed by atoms with van der Waals surface area (Å²) >= 11 is 0. The number of carbonyl (C=O) groups is 1. The summed E-state index contributed by atoms with van der Waals surface area (Å²) < 4.78 is 0. The SMILES string of the molecule is CC1/C(=C\CCC=O)C2CCC(O)C(C#CCC3(O)CCCCC3)C12. The molecular formula is C22H32O3. The van der Waals surface area contributed by atoms with E-state index in [-0.39, 0.29) is 12.0 Å². The molecule has 0 aromatic carbocycles. The molecule has 2 N–H and O–H groups in total. The number of fused-ring (bicyclic) bond motifs is 1. The standard InChI is InChI=1S/C22H32O3/c1-16-17(8-3-6-15-23)18-10-11-20(24)19(21(16)18)9-7-14-22(25)12-4-2-5-13-22/h8,15-16,18-21,24-25H,2-6,10-14H2,1H3/b17-8+. The average Bonchev–Trinajstić information content (AvgIpc) is 2.60. The zero-order valence-corrected chi connectivity index (χ0v) is 15.4. The molecule has 0 amide bonds. The largest absolute Gasteiger partial charge is 0.392 e. The van der Waals surface area contributed by atoms with Gasteiger partial charge in [0, 0.05) is 12.8 Å². The lowest BCUT2D eigenvalue weighted by atomic mass is 9.51. The van der Waals surface area contributed by atoms with Gasteiger partial charge in [0.25, 0.3) is 0 Å². The molecule has 3 heteroatoms. The minimum absolute atomic E-state index is 0.0316. The lowest BCUT2D eigenvalue weighted by Crippen LogP contribution is -2.50. The number of aliphatic hydroxyl groups excluding tert-OH is 1. The van der Waals surface area contributed by atoms with Crippen molar-refractivity contribution in [3.8, 4) is 11.8 Å². The van der Waals surface area contributed by atoms with E-state index in [1.165, 1.54) is 12.0 Å². The number of aldehydes is 1. The highest BCUT2D eigenvalue weighted by molar-refractivity contribution is 5.49. The maximum atomic E-state index is 10.6. The van der Waals surface area contributed by atoms with Gasteiger partial charge in [0.2, 0.25) is 0 Å². The van der Waals surface area contributed by atoms with Crippen LogP contribution in [0.5, 0.6) is 0 Å². The fourth-order valence-corrected chi connectivity index (χ4v) is 5.29. The molecule has 138 valence electrons. The van der Waals surface area contributed by atoms with Crippen LogP contribution in [-0.2, 0) is 4.79 Å². The van der Waals surface area contributed by atoms with Gasteiger partial charge in [-0.2, -0.15) is 0 Å². The van der Waals surface area contributed by atoms with Gasteiger partial charge in [0.1, 0.15) is 6.29 Å². The second kappa shape index (κ2) is 8.06. The first-order chi connectivity index (χ1) is 12.1. The fourth-order valence-electron chi connectivity index (χ4n) is 5.29. The quantitative estimate of drug-likeness (QED) is 0.354. The number of unbranched alkanes of at least 4 members (excludes halogenated alkanes) is 1. The summed E-state index contributed by atoms with van der Waals surface area (Å²) in [5.74, 6) is 8.03. The molecule has 5 unspecified atom stereocenters. The summed E-state index contributed by atoms with van der Waals surface area (Å²) in [5.41, 5.74) is 0.867. The Morgan fingerprint density at radius 3 is 2.68 bits per heavy atom. The third-order valence-electron chi connectivity index (χ3n) is 6.73. The van der Waals surface area contributed by atoms with Crippen LogP contribution in [0, 0.1) is 35.5 Å². The first-order valence-electron chi connectivity index (χ1n) is 10.1. The van der Waals surface area contributed by atoms with Gasteiger partial charge in [0.15, 0.2) is 0 Å². The van der Waals surface area contributed by atoms with E-state index in [9.17, 15) is 15.0 Å². The van der Waals surface area contributed by atoms with E-state index in [1.54, 1.807) is 0 Å². The predicted molar refractivity (Wildman–Crippen MR) is 98.7 cm³/mol. The van der Waals surface area contributed by atoms with Crippen molar-refractivity contribution in [3.63, 3.8) is 0 Å². The predicted octanol–water partition coefficient (Wildman–Crippen LogP) is 3.63. The van der Waals surface area contributed by atoms with Crippen LogP contribution < -0.4 is 0 Å². The highest BCUT2D eigenvalue weighted by Gasteiger charge is 2.50. The van der Waals surface area contributed by atoms with Crippen LogP contribution in [0.2, 0.25) is 0 Å². The van der Waals surface area contributed by atoms with Gasteiger partial charge < -0.3 is 15.0 Å². The Balaban J connectivity index is 1.64. The molecule has 0 bridgehead atoms. The smallest absolute Gasteiger partial charge is 0.120 e. The van der Waals surface area contributed by atoms with Gasteiger partial charge in [-0.1, -0.05) is 49.7 Å². The lowest BCUT2D eigenvalue weighted by molar-refractivity contribution is -0.107. The van der Waals surface area contributed by atoms with Crippen LogP contribution in [0.1, 0.15) is 71.1 Å². The summed E-state index contributed by atoms with van der Waals surface area (Å²) in [6.07, 6.45) is 11.8. The van der Waals surface area contributed by atoms with E-state index in [0.717, 1.165) is 51.2 Å². The zero-order chi connectivity index (χ0) is 17.9. The summed E-state index contributed by atoms with van der Waals surface area (Å²) in [4.78, 5) is 10.5. The molecule has 3 aliphatic rings. The van der Waals surface area contributed by atoms with Gasteiger partial charge >= 0.3 is 0 Å². The Morgan fingerprint density at radius 1 is 1.20 bits per heavy atom. The topological polar surface area (TPSA) is 57.5 Å². The van der Waals surface area contributed by atoms with Crippen molar-refractivity contribution >= 4 is 6.29 Å². The number of hydrogen-bond donors (Lipinski definition) is 2. The van der Waals surface area contributed by atoms with Crippen molar-refractivity contribution < 1.29 is 15.0 Å². The first kappa shape index (κ1) is 18.7. The van der Waals surface area contributed by atoms with E-state index >= 15 is 0 Å². The molecule has 3 saturated carbocycles. The van der Waals surface area contributed by atoms with Crippen molar-refractivity contribution in [2.24, 2.45) is 23.7 Å². The molecule has 3 fully saturated rings. The third-order valence-corrected chi connectivity index (χ3v) is 6.73. The Kier molecular flexibility index (Phi) is 6.02. The molecular weight excluding hydrogens is 312 g/mol. The minimum Gasteiger partial charge on any atom is -0.392 e. The molecule has 0 aromatic heterocycles. The third kappa shape index (κ3) is 4.01. The monoisotopic (exact) mass is 344 g/mol. The highest BCUT2D eigenvalue weighted by Crippen LogP contribution is 2.55. The van der Waals surface area contributed by atoms with Gasteiger partial charge in [0.05, 0.1) is 17.6 Å². The molecule has 3 rings (SSSR count). The van der Waals surface area contributed by atoms with Crippen LogP contribution in [0.15, 0.2) is 11.6 Å². The Hall–Kier alpha value is -1.11. The second-order valence-corrected chi connectivity index (χ2v) is 8.37. The van der Waals surface area contributed by atoms with Crippen LogP contribution in [0.3, 0.4) is 0 Å². The van der Waals surface area contributed by atoms with Crippen molar-refractivity contribution in [1.82, 2.24) is 0 Å². The van der Waals surface area contributed by atoms with Crippen LogP contribution in [-0.4, -0.2) is 28.2 Å². The Morgan fingerprint density at radius 2 is 1.96 bits per heavy atom. The maximum Gasteiger partial charge on any atom is 0.120 e. The van der Waals surface area contributed by atoms with Crippen molar-refractivity contribution in [2.75, 3.05) is 0 Å². The molecule has 0 aromatic rings. The van der Waals surface area contributed by atoms with E-state index in [4.69, 9.17) is 0 Å². The summed E-state index contributed by atoms with van der Waals surface area (Å²) in [7, 11) is 0. The van der Waals surface area contributed by atoms with Gasteiger partial charge in [-0.05, 0) is 49.9 Å². The molecule has 0 heterocycles. The van der Waals surface area contributed by atoms with Gasteiger partial charge in [-0.15, -0.1) is 0 Å². The maximum absolute atomic E-state index is 10.6. The van der Waals surface area contributed by atoms with Crippen molar-refractivity contribution in [2.45, 2.75) is 82.8 Å². The molecule has 3 aliphatic carbocycles. The van der Waals surface area contributed by atoms with E-state index < -0.39 is 5.60 Å². The summed E-state index contributed by atoms with van der Waals surface area (Å²) in [6.45, 7) is 2.23. The van der Waals surface area contributed by atoms with E-state index in [0.29, 0.717) is 30.6 Å². The number of carbonyl (C=O) groups excluding carboxylic acids is 1. The summed E-state index contributed by atoms with van der Waals surface area (Å²) in [5, 5.41) is 21.1. The zero-order valence-electron chi connectivity index (χ0n) is 15.4. The van der Waals surface area contributed by atoms with Crippen LogP contribution in [0.4, 0.5) is 0 Å². The molecule has 0 radical (unpaired) electrons. The average molecular weight is 344 g/mol. The first-order valence-corrected chi connectivity index (χ1v) is 10.1. The van der Waals surface area contributed by atoms with Crippen LogP contribution >= 0.6 is 0 Å². The summed E-state index contributed by atoms with van der Waals surface area (Å²) in [6, 6.07) is 0. The molecule has 3 nitrogen and oxygen atoms in total. The lowest BCUT2D eigenvalue weighted by Gasteiger charge is -2.53. The highest BCUT2D eigenvalue weighted by atomic mass is 16.3. The number of hydrogen-bond acceptors (Lipinski definition) is 3. The number of aliphatic hydroxyl groups is 2. The van der Waals surface area contributed by atoms with Crippen molar-refractivity contribution in [3.05, 3.63) is 11.6 Å². The molecule has 25 heavy (non-hydrogen) atoms. The molecule has 5 atom stereocenters. The van der Waals surface area contributed by atoms with Crippen LogP contribution in [0.25, 0.3) is 0 Å². The van der Waals surface area contributed by atoms with Gasteiger partial charge in [-0.25, -0.2) is 0 Å². The molecule has 0 saturated heterocycles. The number of allylic oxidation sites excluding steroid dienone is 2. The van der Waals surface area contributed by atoms with E-state index in [1.807, 2.05) is 0 Å². The fraction of sp³-hybridized carbons (Fsp3) is 0.773. The normalized spacial score (nSPS) is 38.2. The van der Waals surface area contributed by atoms with Crippen molar-refractivity contribution in [1.29, 1.82) is 0 Å². The Bertz CT molecular complexity index is 562. The molecule has 0 spiro atoms. The molecule has 0 aliphatic heterocycles. The van der Waals surface area contributed by atoms with E-state index in [2.05, 4.69) is 24.8 Å². The Labute approximate surface area is 151 Å². The second-order valence-electron chi connectivity index (χ2n) is 8.37. The van der Waals surface area contributed by atoms with Gasteiger partial charge in [-0.3, -0.25) is 0 Å². The minimum atomic E-state index is -0.602.